The SMILES string of the molecule is Cc1cnc(NCCc2ccccc2F)cc1[N+](=O)[O-]. The number of aryl methyl sites for hydroxylation is 1. The Labute approximate surface area is 115 Å². The lowest BCUT2D eigenvalue weighted by atomic mass is 10.1. The molecule has 1 aromatic carbocycles. The lowest BCUT2D eigenvalue weighted by molar-refractivity contribution is -0.385. The van der Waals surface area contributed by atoms with E-state index in [1.165, 1.54) is 18.3 Å². The van der Waals surface area contributed by atoms with Gasteiger partial charge in [0.1, 0.15) is 11.6 Å². The third kappa shape index (κ3) is 3.28. The zero-order valence-corrected chi connectivity index (χ0v) is 11.0. The average molecular weight is 275 g/mol. The minimum absolute atomic E-state index is 0.0217. The van der Waals surface area contributed by atoms with Gasteiger partial charge in [-0.25, -0.2) is 9.37 Å². The summed E-state index contributed by atoms with van der Waals surface area (Å²) in [5.41, 5.74) is 1.13. The second kappa shape index (κ2) is 6.10. The van der Waals surface area contributed by atoms with Gasteiger partial charge in [-0.1, -0.05) is 18.2 Å². The maximum atomic E-state index is 13.4. The summed E-state index contributed by atoms with van der Waals surface area (Å²) in [6.07, 6.45) is 1.93. The van der Waals surface area contributed by atoms with Crippen molar-refractivity contribution < 1.29 is 9.31 Å². The quantitative estimate of drug-likeness (QED) is 0.672. The Balaban J connectivity index is 2.00. The van der Waals surface area contributed by atoms with E-state index in [0.717, 1.165) is 0 Å². The third-order valence-electron chi connectivity index (χ3n) is 2.93. The Hall–Kier alpha value is -2.50. The number of anilines is 1. The van der Waals surface area contributed by atoms with Gasteiger partial charge >= 0.3 is 0 Å². The van der Waals surface area contributed by atoms with Crippen molar-refractivity contribution >= 4 is 11.5 Å². The molecule has 0 aliphatic heterocycles. The van der Waals surface area contributed by atoms with E-state index >= 15 is 0 Å². The Morgan fingerprint density at radius 2 is 2.15 bits per heavy atom. The molecule has 0 bridgehead atoms. The molecule has 5 nitrogen and oxygen atoms in total. The molecule has 104 valence electrons. The first-order chi connectivity index (χ1) is 9.58. The number of nitrogens with one attached hydrogen (secondary N) is 1. The molecule has 0 unspecified atom stereocenters. The fourth-order valence-corrected chi connectivity index (χ4v) is 1.83. The fraction of sp³-hybridized carbons (Fsp3) is 0.214. The average Bonchev–Trinajstić information content (AvgIpc) is 2.42. The molecular weight excluding hydrogens is 261 g/mol. The summed E-state index contributed by atoms with van der Waals surface area (Å²) in [6.45, 7) is 2.09. The molecule has 0 radical (unpaired) electrons. The number of nitrogens with zero attached hydrogens (tertiary/aromatic N) is 2. The van der Waals surface area contributed by atoms with Crippen LogP contribution in [0.4, 0.5) is 15.9 Å². The van der Waals surface area contributed by atoms with Gasteiger partial charge in [0.25, 0.3) is 5.69 Å². The zero-order chi connectivity index (χ0) is 14.5. The van der Waals surface area contributed by atoms with Gasteiger partial charge in [0.15, 0.2) is 0 Å². The number of aromatic nitrogens is 1. The highest BCUT2D eigenvalue weighted by Gasteiger charge is 2.11. The topological polar surface area (TPSA) is 68.1 Å². The van der Waals surface area contributed by atoms with Gasteiger partial charge in [0, 0.05) is 18.3 Å². The molecular formula is C14H14FN3O2. The Morgan fingerprint density at radius 1 is 1.40 bits per heavy atom. The molecule has 1 aromatic heterocycles. The van der Waals surface area contributed by atoms with Crippen molar-refractivity contribution in [3.05, 3.63) is 63.6 Å². The first kappa shape index (κ1) is 13.9. The molecule has 0 fully saturated rings. The van der Waals surface area contributed by atoms with E-state index in [9.17, 15) is 14.5 Å². The molecule has 0 aliphatic rings. The predicted molar refractivity (Wildman–Crippen MR) is 74.2 cm³/mol. The van der Waals surface area contributed by atoms with Gasteiger partial charge in [-0.05, 0) is 25.0 Å². The second-order valence-electron chi connectivity index (χ2n) is 4.38. The van der Waals surface area contributed by atoms with Crippen molar-refractivity contribution in [2.45, 2.75) is 13.3 Å². The number of hydrogen-bond acceptors (Lipinski definition) is 4. The highest BCUT2D eigenvalue weighted by molar-refractivity contribution is 5.48. The monoisotopic (exact) mass is 275 g/mol. The number of benzene rings is 1. The van der Waals surface area contributed by atoms with Crippen molar-refractivity contribution in [2.24, 2.45) is 0 Å². The van der Waals surface area contributed by atoms with Crippen molar-refractivity contribution in [1.29, 1.82) is 0 Å². The van der Waals surface area contributed by atoms with Crippen LogP contribution in [0.3, 0.4) is 0 Å². The van der Waals surface area contributed by atoms with E-state index in [2.05, 4.69) is 10.3 Å². The van der Waals surface area contributed by atoms with Crippen LogP contribution in [0.2, 0.25) is 0 Å². The first-order valence-corrected chi connectivity index (χ1v) is 6.16. The van der Waals surface area contributed by atoms with Crippen LogP contribution in [0.25, 0.3) is 0 Å². The molecule has 0 saturated carbocycles. The summed E-state index contributed by atoms with van der Waals surface area (Å²) in [4.78, 5) is 14.4. The van der Waals surface area contributed by atoms with Crippen LogP contribution in [0.5, 0.6) is 0 Å². The summed E-state index contributed by atoms with van der Waals surface area (Å²) < 4.78 is 13.4. The van der Waals surface area contributed by atoms with Crippen LogP contribution in [-0.2, 0) is 6.42 Å². The van der Waals surface area contributed by atoms with Crippen LogP contribution >= 0.6 is 0 Å². The molecule has 0 amide bonds. The molecule has 0 saturated heterocycles. The van der Waals surface area contributed by atoms with Crippen LogP contribution in [0.1, 0.15) is 11.1 Å². The van der Waals surface area contributed by atoms with Gasteiger partial charge in [0.2, 0.25) is 0 Å². The lowest BCUT2D eigenvalue weighted by Gasteiger charge is -2.07. The summed E-state index contributed by atoms with van der Waals surface area (Å²) in [7, 11) is 0. The van der Waals surface area contributed by atoms with E-state index in [1.54, 1.807) is 25.1 Å². The minimum Gasteiger partial charge on any atom is -0.370 e. The van der Waals surface area contributed by atoms with E-state index in [0.29, 0.717) is 29.9 Å². The van der Waals surface area contributed by atoms with Gasteiger partial charge in [0.05, 0.1) is 11.0 Å². The molecule has 0 spiro atoms. The Morgan fingerprint density at radius 3 is 2.85 bits per heavy atom. The standard InChI is InChI=1S/C14H14FN3O2/c1-10-9-17-14(8-13(10)18(19)20)16-7-6-11-4-2-3-5-12(11)15/h2-5,8-9H,6-7H2,1H3,(H,16,17). The number of hydrogen-bond donors (Lipinski definition) is 1. The van der Waals surface area contributed by atoms with Crippen molar-refractivity contribution in [3.8, 4) is 0 Å². The molecule has 1 N–H and O–H groups in total. The molecule has 20 heavy (non-hydrogen) atoms. The minimum atomic E-state index is -0.445. The highest BCUT2D eigenvalue weighted by atomic mass is 19.1. The number of pyridine rings is 1. The summed E-state index contributed by atoms with van der Waals surface area (Å²) >= 11 is 0. The third-order valence-corrected chi connectivity index (χ3v) is 2.93. The van der Waals surface area contributed by atoms with Crippen molar-refractivity contribution in [2.75, 3.05) is 11.9 Å². The molecule has 6 heteroatoms. The maximum Gasteiger partial charge on any atom is 0.277 e. The van der Waals surface area contributed by atoms with Gasteiger partial charge in [-0.15, -0.1) is 0 Å². The van der Waals surface area contributed by atoms with Crippen molar-refractivity contribution in [1.82, 2.24) is 4.98 Å². The second-order valence-corrected chi connectivity index (χ2v) is 4.38. The lowest BCUT2D eigenvalue weighted by Crippen LogP contribution is -2.08. The van der Waals surface area contributed by atoms with E-state index in [-0.39, 0.29) is 11.5 Å². The molecule has 0 atom stereocenters. The number of nitro groups is 1. The first-order valence-electron chi connectivity index (χ1n) is 6.16. The van der Waals surface area contributed by atoms with Gasteiger partial charge in [-0.2, -0.15) is 0 Å². The number of rotatable bonds is 5. The van der Waals surface area contributed by atoms with E-state index < -0.39 is 4.92 Å². The highest BCUT2D eigenvalue weighted by Crippen LogP contribution is 2.19. The Kier molecular flexibility index (Phi) is 4.24. The van der Waals surface area contributed by atoms with E-state index in [4.69, 9.17) is 0 Å². The fourth-order valence-electron chi connectivity index (χ4n) is 1.83. The largest absolute Gasteiger partial charge is 0.370 e. The molecule has 2 aromatic rings. The van der Waals surface area contributed by atoms with Gasteiger partial charge in [-0.3, -0.25) is 10.1 Å². The van der Waals surface area contributed by atoms with Crippen LogP contribution in [0, 0.1) is 22.9 Å². The molecule has 1 heterocycles. The summed E-state index contributed by atoms with van der Waals surface area (Å²) in [5.74, 6) is 0.163. The Bertz CT molecular complexity index is 632. The number of halogens is 1. The van der Waals surface area contributed by atoms with Gasteiger partial charge < -0.3 is 5.32 Å². The maximum absolute atomic E-state index is 13.4. The molecule has 0 aliphatic carbocycles. The van der Waals surface area contributed by atoms with E-state index in [1.807, 2.05) is 0 Å². The van der Waals surface area contributed by atoms with Crippen molar-refractivity contribution in [3.63, 3.8) is 0 Å². The summed E-state index contributed by atoms with van der Waals surface area (Å²) in [5, 5.41) is 13.8. The van der Waals surface area contributed by atoms with Crippen LogP contribution in [0.15, 0.2) is 36.5 Å². The zero-order valence-electron chi connectivity index (χ0n) is 11.0. The molecule has 2 rings (SSSR count). The van der Waals surface area contributed by atoms with Crippen LogP contribution in [-0.4, -0.2) is 16.5 Å². The smallest absolute Gasteiger partial charge is 0.277 e. The normalized spacial score (nSPS) is 10.3. The van der Waals surface area contributed by atoms with Crippen LogP contribution < -0.4 is 5.32 Å². The predicted octanol–water partition coefficient (Wildman–Crippen LogP) is 3.09. The summed E-state index contributed by atoms with van der Waals surface area (Å²) in [6, 6.07) is 7.91.